The minimum absolute atomic E-state index is 0.0327. The van der Waals surface area contributed by atoms with Gasteiger partial charge in [0.15, 0.2) is 0 Å². The van der Waals surface area contributed by atoms with Gasteiger partial charge in [-0.1, -0.05) is 26.8 Å². The molecule has 12 nitrogen and oxygen atoms in total. The van der Waals surface area contributed by atoms with Crippen LogP contribution in [0, 0.1) is 5.82 Å². The number of urea groups is 1. The van der Waals surface area contributed by atoms with Crippen LogP contribution in [0.1, 0.15) is 0 Å². The van der Waals surface area contributed by atoms with Crippen LogP contribution in [0.3, 0.4) is 0 Å². The number of fused-ring (bicyclic) bond motifs is 1. The quantitative estimate of drug-likeness (QED) is 0.300. The van der Waals surface area contributed by atoms with Gasteiger partial charge in [-0.2, -0.15) is 13.5 Å². The maximum atomic E-state index is 14.0. The molecular formula is C25H19FN6O6S2. The SMILES string of the molecule is Nc1ncc(-c2cnn(CCO)c2)c2scc(-c3ccc(N(C(=O)N4OS(=O)(=O)O4)c4cccc(F)c4)cc3)c12. The average molecular weight is 583 g/mol. The summed E-state index contributed by atoms with van der Waals surface area (Å²) >= 11 is 1.49. The fourth-order valence-corrected chi connectivity index (χ4v) is 5.90. The molecule has 40 heavy (non-hydrogen) atoms. The number of nitrogens with two attached hydrogens (primary N) is 1. The molecule has 1 aliphatic rings. The predicted octanol–water partition coefficient (Wildman–Crippen LogP) is 4.22. The van der Waals surface area contributed by atoms with E-state index in [-0.39, 0.29) is 17.5 Å². The van der Waals surface area contributed by atoms with Crippen LogP contribution in [0.25, 0.3) is 32.3 Å². The fraction of sp³-hybridized carbons (Fsp3) is 0.0800. The van der Waals surface area contributed by atoms with Crippen molar-refractivity contribution in [2.75, 3.05) is 17.2 Å². The lowest BCUT2D eigenvalue weighted by Crippen LogP contribution is -2.50. The molecule has 0 atom stereocenters. The number of aromatic nitrogens is 3. The van der Waals surface area contributed by atoms with Crippen molar-refractivity contribution in [2.45, 2.75) is 6.54 Å². The molecule has 5 aromatic rings. The van der Waals surface area contributed by atoms with Gasteiger partial charge >= 0.3 is 16.4 Å². The van der Waals surface area contributed by atoms with Crippen LogP contribution in [0.2, 0.25) is 0 Å². The first kappa shape index (κ1) is 25.8. The number of hydrogen-bond acceptors (Lipinski definition) is 10. The first-order valence-corrected chi connectivity index (χ1v) is 13.9. The molecule has 2 amide bonds. The summed E-state index contributed by atoms with van der Waals surface area (Å²) < 4.78 is 47.9. The van der Waals surface area contributed by atoms with Crippen molar-refractivity contribution in [3.63, 3.8) is 0 Å². The Morgan fingerprint density at radius 1 is 1.07 bits per heavy atom. The van der Waals surface area contributed by atoms with Gasteiger partial charge in [-0.05, 0) is 46.5 Å². The summed E-state index contributed by atoms with van der Waals surface area (Å²) in [5.41, 5.74) is 9.95. The third-order valence-electron chi connectivity index (χ3n) is 6.07. The Morgan fingerprint density at radius 2 is 1.85 bits per heavy atom. The molecule has 1 fully saturated rings. The lowest BCUT2D eigenvalue weighted by atomic mass is 10.0. The van der Waals surface area contributed by atoms with E-state index in [9.17, 15) is 22.7 Å². The van der Waals surface area contributed by atoms with Gasteiger partial charge < -0.3 is 10.8 Å². The highest BCUT2D eigenvalue weighted by atomic mass is 32.3. The number of benzene rings is 2. The first-order valence-electron chi connectivity index (χ1n) is 11.7. The summed E-state index contributed by atoms with van der Waals surface area (Å²) in [6.45, 7) is 0.337. The number of thiophene rings is 1. The number of anilines is 3. The number of nitrogens with zero attached hydrogens (tertiary/aromatic N) is 5. The molecule has 0 aliphatic carbocycles. The van der Waals surface area contributed by atoms with Gasteiger partial charge in [-0.25, -0.2) is 14.2 Å². The zero-order valence-corrected chi connectivity index (χ0v) is 22.0. The Balaban J connectivity index is 1.37. The van der Waals surface area contributed by atoms with Crippen LogP contribution >= 0.6 is 11.3 Å². The van der Waals surface area contributed by atoms with E-state index in [0.29, 0.717) is 18.1 Å². The number of halogens is 1. The lowest BCUT2D eigenvalue weighted by molar-refractivity contribution is -0.278. The maximum Gasteiger partial charge on any atom is 0.446 e. The number of nitrogen functional groups attached to an aromatic ring is 1. The van der Waals surface area contributed by atoms with E-state index in [1.54, 1.807) is 41.3 Å². The predicted molar refractivity (Wildman–Crippen MR) is 145 cm³/mol. The summed E-state index contributed by atoms with van der Waals surface area (Å²) in [6.07, 6.45) is 5.21. The van der Waals surface area contributed by atoms with Crippen LogP contribution < -0.4 is 10.6 Å². The maximum absolute atomic E-state index is 14.0. The Bertz CT molecular complexity index is 1850. The molecular weight excluding hydrogens is 563 g/mol. The molecule has 3 aromatic heterocycles. The first-order chi connectivity index (χ1) is 19.2. The Kier molecular flexibility index (Phi) is 6.44. The van der Waals surface area contributed by atoms with Crippen LogP contribution in [-0.4, -0.2) is 46.2 Å². The van der Waals surface area contributed by atoms with E-state index in [1.807, 2.05) is 11.6 Å². The Hall–Kier alpha value is -4.41. The van der Waals surface area contributed by atoms with Crippen molar-refractivity contribution >= 4 is 55.0 Å². The molecule has 0 spiro atoms. The van der Waals surface area contributed by atoms with Gasteiger partial charge in [-0.15, -0.1) is 11.3 Å². The number of rotatable bonds is 6. The van der Waals surface area contributed by atoms with Gasteiger partial charge in [0.1, 0.15) is 11.6 Å². The molecule has 0 bridgehead atoms. The smallest absolute Gasteiger partial charge is 0.394 e. The minimum atomic E-state index is -4.30. The molecule has 0 saturated carbocycles. The molecule has 204 valence electrons. The average Bonchev–Trinajstić information content (AvgIpc) is 3.57. The van der Waals surface area contributed by atoms with E-state index in [0.717, 1.165) is 43.3 Å². The fourth-order valence-electron chi connectivity index (χ4n) is 4.31. The topological polar surface area (TPSA) is 153 Å². The number of amides is 2. The normalized spacial score (nSPS) is 14.3. The van der Waals surface area contributed by atoms with E-state index in [1.165, 1.54) is 29.5 Å². The van der Waals surface area contributed by atoms with Crippen molar-refractivity contribution in [3.8, 4) is 22.3 Å². The number of aliphatic hydroxyl groups is 1. The number of aliphatic hydroxyl groups excluding tert-OH is 1. The van der Waals surface area contributed by atoms with Crippen LogP contribution in [0.4, 0.5) is 26.4 Å². The largest absolute Gasteiger partial charge is 0.446 e. The van der Waals surface area contributed by atoms with Gasteiger partial charge in [-0.3, -0.25) is 9.58 Å². The van der Waals surface area contributed by atoms with Crippen LogP contribution in [-0.2, 0) is 25.5 Å². The molecule has 1 saturated heterocycles. The Morgan fingerprint density at radius 3 is 2.55 bits per heavy atom. The van der Waals surface area contributed by atoms with Crippen LogP contribution in [0.15, 0.2) is 72.5 Å². The molecule has 15 heteroatoms. The highest BCUT2D eigenvalue weighted by Crippen LogP contribution is 2.42. The van der Waals surface area contributed by atoms with Crippen molar-refractivity contribution in [1.82, 2.24) is 20.0 Å². The molecule has 0 radical (unpaired) electrons. The van der Waals surface area contributed by atoms with Crippen molar-refractivity contribution in [2.24, 2.45) is 0 Å². The molecule has 3 N–H and O–H groups in total. The number of hydrogen-bond donors (Lipinski definition) is 2. The standard InChI is InChI=1S/C25H19FN6O6S2/c26-17-2-1-3-19(10-17)31(25(34)32-37-40(35,36)38-32)18-6-4-15(5-7-18)21-14-39-23-20(12-28-24(27)22(21)23)16-11-29-30(13-16)8-9-33/h1-7,10-14,33H,8-9H2,(H2,27,28). The van der Waals surface area contributed by atoms with Gasteiger partial charge in [0.25, 0.3) is 0 Å². The van der Waals surface area contributed by atoms with Gasteiger partial charge in [0, 0.05) is 39.2 Å². The van der Waals surface area contributed by atoms with E-state index < -0.39 is 22.2 Å². The minimum Gasteiger partial charge on any atom is -0.394 e. The molecule has 4 heterocycles. The van der Waals surface area contributed by atoms with E-state index in [2.05, 4.69) is 18.7 Å². The number of carbonyl (C=O) groups is 1. The van der Waals surface area contributed by atoms with Crippen LogP contribution in [0.5, 0.6) is 0 Å². The second-order valence-corrected chi connectivity index (χ2v) is 10.6. The van der Waals surface area contributed by atoms with Crippen molar-refractivity contribution < 1.29 is 31.3 Å². The van der Waals surface area contributed by atoms with E-state index >= 15 is 0 Å². The Labute approximate surface area is 230 Å². The zero-order valence-electron chi connectivity index (χ0n) is 20.3. The van der Waals surface area contributed by atoms with Gasteiger partial charge in [0.05, 0.1) is 30.7 Å². The molecule has 0 unspecified atom stereocenters. The summed E-state index contributed by atoms with van der Waals surface area (Å²) in [5, 5.41) is 16.4. The molecule has 1 aliphatic heterocycles. The summed E-state index contributed by atoms with van der Waals surface area (Å²) in [5.74, 6) is -0.262. The lowest BCUT2D eigenvalue weighted by Gasteiger charge is -2.31. The number of pyridine rings is 1. The monoisotopic (exact) mass is 582 g/mol. The van der Waals surface area contributed by atoms with Crippen molar-refractivity contribution in [1.29, 1.82) is 0 Å². The summed E-state index contributed by atoms with van der Waals surface area (Å²) in [6, 6.07) is 10.9. The third kappa shape index (κ3) is 4.65. The van der Waals surface area contributed by atoms with Crippen molar-refractivity contribution in [3.05, 3.63) is 78.3 Å². The highest BCUT2D eigenvalue weighted by molar-refractivity contribution is 7.82. The summed E-state index contributed by atoms with van der Waals surface area (Å²) in [7, 11) is -4.30. The number of carbonyl (C=O) groups excluding carboxylic acids is 1. The zero-order chi connectivity index (χ0) is 28.0. The second kappa shape index (κ2) is 9.96. The molecule has 2 aromatic carbocycles. The second-order valence-electron chi connectivity index (χ2n) is 8.59. The molecule has 6 rings (SSSR count). The third-order valence-corrected chi connectivity index (χ3v) is 7.72. The highest BCUT2D eigenvalue weighted by Gasteiger charge is 2.43. The van der Waals surface area contributed by atoms with E-state index in [4.69, 9.17) is 5.73 Å². The number of hydroxylamine groups is 2. The summed E-state index contributed by atoms with van der Waals surface area (Å²) in [4.78, 5) is 18.5. The van der Waals surface area contributed by atoms with Gasteiger partial charge in [0.2, 0.25) is 0 Å².